The lowest BCUT2D eigenvalue weighted by atomic mass is 10.2. The summed E-state index contributed by atoms with van der Waals surface area (Å²) in [5, 5.41) is 20.8. The quantitative estimate of drug-likeness (QED) is 0.589. The van der Waals surface area contributed by atoms with Crippen LogP contribution in [0.5, 0.6) is 11.5 Å². The largest absolute Gasteiger partial charge is 0.508 e. The first-order valence-electron chi connectivity index (χ1n) is 6.57. The number of hydrogen-bond donors (Lipinski definition) is 1. The van der Waals surface area contributed by atoms with Crippen LogP contribution in [0.15, 0.2) is 54.7 Å². The Morgan fingerprint density at radius 1 is 1.18 bits per heavy atom. The van der Waals surface area contributed by atoms with Gasteiger partial charge in [-0.25, -0.2) is 4.98 Å². The van der Waals surface area contributed by atoms with Gasteiger partial charge in [-0.15, -0.1) is 0 Å². The van der Waals surface area contributed by atoms with Crippen molar-refractivity contribution >= 4 is 16.6 Å². The summed E-state index contributed by atoms with van der Waals surface area (Å²) in [5.41, 5.74) is 1.21. The molecule has 0 amide bonds. The maximum Gasteiger partial charge on any atom is 0.295 e. The Labute approximate surface area is 125 Å². The second-order valence-electron chi connectivity index (χ2n) is 4.73. The fourth-order valence-electron chi connectivity index (χ4n) is 2.11. The van der Waals surface area contributed by atoms with Gasteiger partial charge in [0.25, 0.3) is 5.69 Å². The number of benzene rings is 2. The second kappa shape index (κ2) is 5.69. The van der Waals surface area contributed by atoms with Crippen molar-refractivity contribution in [3.05, 3.63) is 70.4 Å². The number of aromatic hydroxyl groups is 1. The number of nitrogens with zero attached hydrogens (tertiary/aromatic N) is 2. The van der Waals surface area contributed by atoms with E-state index in [4.69, 9.17) is 4.74 Å². The Morgan fingerprint density at radius 2 is 1.95 bits per heavy atom. The molecule has 22 heavy (non-hydrogen) atoms. The molecule has 110 valence electrons. The van der Waals surface area contributed by atoms with E-state index in [1.54, 1.807) is 42.5 Å². The number of rotatable bonds is 4. The first kappa shape index (κ1) is 13.8. The van der Waals surface area contributed by atoms with Gasteiger partial charge in [-0.1, -0.05) is 24.3 Å². The highest BCUT2D eigenvalue weighted by atomic mass is 16.6. The lowest BCUT2D eigenvalue weighted by Gasteiger charge is -2.07. The third kappa shape index (κ3) is 2.80. The van der Waals surface area contributed by atoms with Crippen molar-refractivity contribution in [3.63, 3.8) is 0 Å². The highest BCUT2D eigenvalue weighted by Crippen LogP contribution is 2.26. The first-order chi connectivity index (χ1) is 10.6. The van der Waals surface area contributed by atoms with Crippen LogP contribution >= 0.6 is 0 Å². The third-order valence-electron chi connectivity index (χ3n) is 3.20. The molecule has 3 aromatic rings. The van der Waals surface area contributed by atoms with E-state index in [1.807, 2.05) is 0 Å². The molecule has 0 saturated heterocycles. The van der Waals surface area contributed by atoms with Crippen LogP contribution in [0.25, 0.3) is 10.9 Å². The maximum absolute atomic E-state index is 11.0. The summed E-state index contributed by atoms with van der Waals surface area (Å²) < 4.78 is 5.63. The average Bonchev–Trinajstić information content (AvgIpc) is 2.53. The van der Waals surface area contributed by atoms with Gasteiger partial charge in [-0.05, 0) is 23.8 Å². The Balaban J connectivity index is 1.83. The maximum atomic E-state index is 11.0. The smallest absolute Gasteiger partial charge is 0.295 e. The molecule has 0 fully saturated rings. The van der Waals surface area contributed by atoms with Gasteiger partial charge in [-0.3, -0.25) is 10.1 Å². The molecular formula is C16H12N2O4. The number of nitro benzene ring substituents is 1. The monoisotopic (exact) mass is 296 g/mol. The third-order valence-corrected chi connectivity index (χ3v) is 3.20. The molecule has 0 spiro atoms. The van der Waals surface area contributed by atoms with E-state index < -0.39 is 4.92 Å². The lowest BCUT2D eigenvalue weighted by Crippen LogP contribution is -1.96. The van der Waals surface area contributed by atoms with Crippen LogP contribution in [0, 0.1) is 10.1 Å². The fraction of sp³-hybridized carbons (Fsp3) is 0.0625. The van der Waals surface area contributed by atoms with Crippen LogP contribution < -0.4 is 4.74 Å². The number of phenols is 1. The van der Waals surface area contributed by atoms with Crippen molar-refractivity contribution in [2.75, 3.05) is 0 Å². The van der Waals surface area contributed by atoms with E-state index in [9.17, 15) is 15.2 Å². The predicted octanol–water partition coefficient (Wildman–Crippen LogP) is 3.43. The topological polar surface area (TPSA) is 85.5 Å². The molecule has 1 heterocycles. The predicted molar refractivity (Wildman–Crippen MR) is 80.8 cm³/mol. The zero-order valence-corrected chi connectivity index (χ0v) is 11.5. The van der Waals surface area contributed by atoms with Gasteiger partial charge >= 0.3 is 0 Å². The molecule has 0 atom stereocenters. The van der Waals surface area contributed by atoms with Crippen LogP contribution in [0.3, 0.4) is 0 Å². The van der Waals surface area contributed by atoms with E-state index in [0.29, 0.717) is 23.3 Å². The molecule has 3 rings (SSSR count). The number of nitro groups is 1. The van der Waals surface area contributed by atoms with E-state index in [1.165, 1.54) is 12.3 Å². The highest BCUT2D eigenvalue weighted by Gasteiger charge is 2.12. The van der Waals surface area contributed by atoms with Crippen molar-refractivity contribution in [1.82, 2.24) is 4.98 Å². The normalized spacial score (nSPS) is 10.5. The molecule has 0 unspecified atom stereocenters. The van der Waals surface area contributed by atoms with Crippen LogP contribution in [0.4, 0.5) is 5.69 Å². The van der Waals surface area contributed by atoms with Gasteiger partial charge in [0.15, 0.2) is 0 Å². The summed E-state index contributed by atoms with van der Waals surface area (Å²) in [6.45, 7) is 0.322. The van der Waals surface area contributed by atoms with Crippen LogP contribution in [0.2, 0.25) is 0 Å². The highest BCUT2D eigenvalue weighted by molar-refractivity contribution is 5.87. The van der Waals surface area contributed by atoms with Gasteiger partial charge in [0.1, 0.15) is 23.6 Å². The molecule has 0 aliphatic carbocycles. The number of ether oxygens (including phenoxy) is 1. The minimum atomic E-state index is -0.452. The van der Waals surface area contributed by atoms with E-state index in [2.05, 4.69) is 4.98 Å². The Kier molecular flexibility index (Phi) is 3.57. The molecule has 2 aromatic carbocycles. The van der Waals surface area contributed by atoms with Crippen molar-refractivity contribution in [1.29, 1.82) is 0 Å². The summed E-state index contributed by atoms with van der Waals surface area (Å²) in [7, 11) is 0. The van der Waals surface area contributed by atoms with Gasteiger partial charge in [-0.2, -0.15) is 0 Å². The number of hydrogen-bond acceptors (Lipinski definition) is 5. The first-order valence-corrected chi connectivity index (χ1v) is 6.57. The van der Waals surface area contributed by atoms with Crippen LogP contribution in [-0.4, -0.2) is 15.0 Å². The Hall–Kier alpha value is -3.15. The molecule has 6 nitrogen and oxygen atoms in total. The molecule has 0 saturated carbocycles. The fourth-order valence-corrected chi connectivity index (χ4v) is 2.11. The Bertz CT molecular complexity index is 831. The average molecular weight is 296 g/mol. The lowest BCUT2D eigenvalue weighted by molar-refractivity contribution is -0.383. The summed E-state index contributed by atoms with van der Waals surface area (Å²) in [6.07, 6.45) is 1.47. The number of phenolic OH excluding ortho intramolecular Hbond substituents is 1. The summed E-state index contributed by atoms with van der Waals surface area (Å²) in [5.74, 6) is 0.726. The molecule has 1 N–H and O–H groups in total. The molecule has 6 heteroatoms. The summed E-state index contributed by atoms with van der Waals surface area (Å²) >= 11 is 0. The zero-order chi connectivity index (χ0) is 15.5. The summed E-state index contributed by atoms with van der Waals surface area (Å²) in [4.78, 5) is 14.6. The van der Waals surface area contributed by atoms with Crippen LogP contribution in [-0.2, 0) is 6.61 Å². The molecule has 1 aromatic heterocycles. The van der Waals surface area contributed by atoms with Crippen molar-refractivity contribution in [2.45, 2.75) is 6.61 Å². The van der Waals surface area contributed by atoms with E-state index in [-0.39, 0.29) is 11.4 Å². The molecular weight excluding hydrogens is 284 g/mol. The van der Waals surface area contributed by atoms with Crippen molar-refractivity contribution in [2.24, 2.45) is 0 Å². The zero-order valence-electron chi connectivity index (χ0n) is 11.5. The number of non-ortho nitro benzene ring substituents is 1. The second-order valence-corrected chi connectivity index (χ2v) is 4.73. The van der Waals surface area contributed by atoms with Gasteiger partial charge in [0.2, 0.25) is 0 Å². The molecule has 0 bridgehead atoms. The van der Waals surface area contributed by atoms with Gasteiger partial charge in [0.05, 0.1) is 11.1 Å². The molecule has 0 aliphatic rings. The van der Waals surface area contributed by atoms with Crippen molar-refractivity contribution < 1.29 is 14.8 Å². The van der Waals surface area contributed by atoms with E-state index in [0.717, 1.165) is 5.56 Å². The standard InChI is InChI=1S/C16H12N2O4/c19-13-6-4-11(5-7-13)10-22-14-8-12-2-1-3-15(18(20)21)16(12)17-9-14/h1-9,19H,10H2. The SMILES string of the molecule is O=[N+]([O-])c1cccc2cc(OCc3ccc(O)cc3)cnc12. The Morgan fingerprint density at radius 3 is 2.68 bits per heavy atom. The number of para-hydroxylation sites is 1. The van der Waals surface area contributed by atoms with E-state index >= 15 is 0 Å². The number of aromatic nitrogens is 1. The molecule has 0 aliphatic heterocycles. The van der Waals surface area contributed by atoms with Crippen LogP contribution in [0.1, 0.15) is 5.56 Å². The number of fused-ring (bicyclic) bond motifs is 1. The number of pyridine rings is 1. The van der Waals surface area contributed by atoms with Gasteiger partial charge < -0.3 is 9.84 Å². The van der Waals surface area contributed by atoms with Crippen molar-refractivity contribution in [3.8, 4) is 11.5 Å². The minimum Gasteiger partial charge on any atom is -0.508 e. The summed E-state index contributed by atoms with van der Waals surface area (Å²) in [6, 6.07) is 13.2. The molecule has 0 radical (unpaired) electrons. The van der Waals surface area contributed by atoms with Gasteiger partial charge in [0, 0.05) is 11.5 Å². The minimum absolute atomic E-state index is 0.0254.